The second-order valence-electron chi connectivity index (χ2n) is 0.100. The van der Waals surface area contributed by atoms with Crippen LogP contribution in [0.1, 0.15) is 4.28 Å². The van der Waals surface area contributed by atoms with E-state index >= 15 is 0 Å². The van der Waals surface area contributed by atoms with Crippen molar-refractivity contribution in [3.05, 3.63) is 0 Å². The van der Waals surface area contributed by atoms with Gasteiger partial charge in [-0.3, -0.25) is 0 Å². The third-order valence-corrected chi connectivity index (χ3v) is 0. The second-order valence-corrected chi connectivity index (χ2v) is 0.300. The van der Waals surface area contributed by atoms with Crippen LogP contribution in [0.25, 0.3) is 0 Å². The van der Waals surface area contributed by atoms with Crippen LogP contribution in [0.4, 0.5) is 0 Å². The zero-order valence-corrected chi connectivity index (χ0v) is 13.8. The number of rotatable bonds is 0. The second kappa shape index (κ2) is 33.6. The summed E-state index contributed by atoms with van der Waals surface area (Å²) in [6.45, 7) is 0. The zero-order chi connectivity index (χ0) is 2.71. The molecular formula is CH4AuNNa3S. The summed E-state index contributed by atoms with van der Waals surface area (Å²) in [6, 6.07) is 0. The van der Waals surface area contributed by atoms with Crippen LogP contribution in [0.5, 0.6) is 0 Å². The molecule has 1 radical (unpaired) electrons. The van der Waals surface area contributed by atoms with Crippen LogP contribution in [0, 0.1) is 10.7 Å². The van der Waals surface area contributed by atoms with Crippen molar-refractivity contribution in [2.75, 3.05) is 0 Å². The van der Waals surface area contributed by atoms with Crippen LogP contribution in [-0.4, -0.2) is 0 Å². The molecule has 0 rings (SSSR count). The molecule has 33 valence electrons. The van der Waals surface area contributed by atoms with E-state index in [1.807, 2.05) is 0 Å². The van der Waals surface area contributed by atoms with Crippen LogP contribution >= 0.6 is 12.6 Å². The van der Waals surface area contributed by atoms with Crippen molar-refractivity contribution in [2.45, 2.75) is 0 Å². The van der Waals surface area contributed by atoms with E-state index in [-0.39, 0.29) is 115 Å². The van der Waals surface area contributed by atoms with Crippen LogP contribution in [0.15, 0.2) is 0 Å². The molecule has 6 heteroatoms. The molecule has 0 unspecified atom stereocenters. The topological polar surface area (TPSA) is 23.8 Å². The van der Waals surface area contributed by atoms with Gasteiger partial charge >= 0.3 is 88.7 Å². The fourth-order valence-electron chi connectivity index (χ4n) is 0. The summed E-state index contributed by atoms with van der Waals surface area (Å²) < 4.78 is 0. The van der Waals surface area contributed by atoms with E-state index in [4.69, 9.17) is 5.26 Å². The smallest absolute Gasteiger partial charge is 1.00 e. The predicted octanol–water partition coefficient (Wildman–Crippen LogP) is -8.26. The SMILES string of the molecule is N#CS.[Au].[H-].[H-].[H-].[Na+].[Na+].[Na+]. The molecular weight excluding hydrogens is 324 g/mol. The predicted molar refractivity (Wildman–Crippen MR) is 17.9 cm³/mol. The Labute approximate surface area is 136 Å². The molecule has 0 saturated heterocycles. The standard InChI is InChI=1S/CHNS.Au.3Na.3H/c2-1-3;;;;;;;/h3H;;;;;;;/q;;3*+1;3*-1. The van der Waals surface area contributed by atoms with Crippen LogP contribution < -0.4 is 88.7 Å². The van der Waals surface area contributed by atoms with Gasteiger partial charge in [-0.2, -0.15) is 5.26 Å². The number of nitrogens with zero attached hydrogens (tertiary/aromatic N) is 1. The van der Waals surface area contributed by atoms with Gasteiger partial charge in [-0.25, -0.2) is 0 Å². The molecule has 0 amide bonds. The Balaban J connectivity index is -0.000000000952. The van der Waals surface area contributed by atoms with Gasteiger partial charge in [0.1, 0.15) is 5.40 Å². The van der Waals surface area contributed by atoms with Gasteiger partial charge in [0.15, 0.2) is 0 Å². The Hall–Kier alpha value is 3.58. The van der Waals surface area contributed by atoms with Crippen LogP contribution in [0.3, 0.4) is 0 Å². The summed E-state index contributed by atoms with van der Waals surface area (Å²) in [6.07, 6.45) is 0. The van der Waals surface area contributed by atoms with E-state index in [0.717, 1.165) is 0 Å². The molecule has 0 aliphatic heterocycles. The van der Waals surface area contributed by atoms with Gasteiger partial charge in [0.25, 0.3) is 0 Å². The third kappa shape index (κ3) is 42.9. The molecule has 0 aliphatic carbocycles. The van der Waals surface area contributed by atoms with E-state index in [2.05, 4.69) is 12.6 Å². The summed E-state index contributed by atoms with van der Waals surface area (Å²) in [5.74, 6) is 0. The van der Waals surface area contributed by atoms with Gasteiger partial charge in [-0.05, 0) is 0 Å². The normalized spacial score (nSPS) is 1.14. The average molecular weight is 328 g/mol. The Morgan fingerprint density at radius 3 is 1.29 bits per heavy atom. The molecule has 0 atom stereocenters. The van der Waals surface area contributed by atoms with Gasteiger partial charge in [0.2, 0.25) is 0 Å². The van der Waals surface area contributed by atoms with Gasteiger partial charge in [0.05, 0.1) is 0 Å². The van der Waals surface area contributed by atoms with Gasteiger partial charge < -0.3 is 4.28 Å². The molecule has 7 heavy (non-hydrogen) atoms. The van der Waals surface area contributed by atoms with Crippen molar-refractivity contribution < 1.29 is 115 Å². The first-order valence-corrected chi connectivity index (χ1v) is 0.894. The van der Waals surface area contributed by atoms with Crippen molar-refractivity contribution >= 4 is 12.6 Å². The fraction of sp³-hybridized carbons (Fsp3) is 0. The number of hydrogen-bond donors (Lipinski definition) is 1. The molecule has 1 nitrogen and oxygen atoms in total. The fourth-order valence-corrected chi connectivity index (χ4v) is 0. The van der Waals surface area contributed by atoms with E-state index in [1.165, 1.54) is 5.40 Å². The van der Waals surface area contributed by atoms with Crippen molar-refractivity contribution in [3.8, 4) is 5.40 Å². The maximum Gasteiger partial charge on any atom is 1.00 e. The quantitative estimate of drug-likeness (QED) is 0.267. The molecule has 0 aliphatic rings. The number of thiocyanates is 1. The van der Waals surface area contributed by atoms with Gasteiger partial charge in [-0.15, -0.1) is 0 Å². The Kier molecular flexibility index (Phi) is 150. The number of hydrogen-bond acceptors (Lipinski definition) is 2. The monoisotopic (exact) mass is 328 g/mol. The Morgan fingerprint density at radius 2 is 1.29 bits per heavy atom. The summed E-state index contributed by atoms with van der Waals surface area (Å²) in [5, 5.41) is 8.63. The van der Waals surface area contributed by atoms with Crippen molar-refractivity contribution in [2.24, 2.45) is 0 Å². The van der Waals surface area contributed by atoms with Crippen LogP contribution in [0.2, 0.25) is 0 Å². The first-order valence-electron chi connectivity index (χ1n) is 0.447. The first kappa shape index (κ1) is 31.2. The molecule has 0 aromatic heterocycles. The molecule has 0 fully saturated rings. The van der Waals surface area contributed by atoms with E-state index in [1.54, 1.807) is 0 Å². The van der Waals surface area contributed by atoms with Crippen molar-refractivity contribution in [1.82, 2.24) is 0 Å². The summed E-state index contributed by atoms with van der Waals surface area (Å²) in [7, 11) is 0. The first-order chi connectivity index (χ1) is 1.41. The minimum Gasteiger partial charge on any atom is -1.00 e. The average Bonchev–Trinajstić information content (AvgIpc) is 0.918. The van der Waals surface area contributed by atoms with Crippen LogP contribution in [-0.2, 0) is 22.4 Å². The summed E-state index contributed by atoms with van der Waals surface area (Å²) in [5.41, 5.74) is 0. The minimum absolute atomic E-state index is 0. The zero-order valence-electron chi connectivity index (χ0n) is 7.70. The Morgan fingerprint density at radius 1 is 1.29 bits per heavy atom. The van der Waals surface area contributed by atoms with Crippen molar-refractivity contribution in [3.63, 3.8) is 0 Å². The molecule has 0 heterocycles. The van der Waals surface area contributed by atoms with Crippen molar-refractivity contribution in [1.29, 1.82) is 5.26 Å². The molecule has 0 N–H and O–H groups in total. The van der Waals surface area contributed by atoms with E-state index < -0.39 is 0 Å². The molecule has 0 saturated carbocycles. The summed E-state index contributed by atoms with van der Waals surface area (Å²) >= 11 is 3.09. The third-order valence-electron chi connectivity index (χ3n) is 0. The number of thiol groups is 1. The maximum atomic E-state index is 7.18. The Bertz CT molecular complexity index is 45.2. The van der Waals surface area contributed by atoms with E-state index in [9.17, 15) is 0 Å². The minimum atomic E-state index is 0. The van der Waals surface area contributed by atoms with E-state index in [0.29, 0.717) is 0 Å². The maximum absolute atomic E-state index is 7.18. The summed E-state index contributed by atoms with van der Waals surface area (Å²) in [4.78, 5) is 0. The molecule has 0 spiro atoms. The largest absolute Gasteiger partial charge is 1.00 e. The van der Waals surface area contributed by atoms with Gasteiger partial charge in [-0.1, -0.05) is 12.6 Å². The molecule has 0 aromatic carbocycles. The molecule has 0 bridgehead atoms. The molecule has 0 aromatic rings. The number of nitriles is 1. The van der Waals surface area contributed by atoms with Gasteiger partial charge in [0, 0.05) is 22.4 Å².